The van der Waals surface area contributed by atoms with Crippen LogP contribution in [0.25, 0.3) is 11.0 Å². The first-order valence-electron chi connectivity index (χ1n) is 14.9. The Labute approximate surface area is 249 Å². The minimum absolute atomic E-state index is 0.0841. The van der Waals surface area contributed by atoms with Crippen LogP contribution in [-0.2, 0) is 20.0 Å². The Hall–Kier alpha value is -3.18. The van der Waals surface area contributed by atoms with Crippen LogP contribution in [0, 0.1) is 0 Å². The van der Waals surface area contributed by atoms with Crippen LogP contribution < -0.4 is 5.32 Å². The molecule has 1 N–H and O–H groups in total. The Kier molecular flexibility index (Phi) is 8.28. The van der Waals surface area contributed by atoms with Crippen LogP contribution in [0.5, 0.6) is 0 Å². The van der Waals surface area contributed by atoms with Gasteiger partial charge in [-0.05, 0) is 65.1 Å². The summed E-state index contributed by atoms with van der Waals surface area (Å²) in [5, 5.41) is 3.34. The Bertz CT molecular complexity index is 1530. The van der Waals surface area contributed by atoms with Gasteiger partial charge in [0.25, 0.3) is 0 Å². The van der Waals surface area contributed by atoms with Gasteiger partial charge in [0.05, 0.1) is 22.4 Å². The Morgan fingerprint density at radius 3 is 2.40 bits per heavy atom. The number of anilines is 1. The van der Waals surface area contributed by atoms with E-state index in [0.29, 0.717) is 65.5 Å². The van der Waals surface area contributed by atoms with Gasteiger partial charge >= 0.3 is 0 Å². The molecule has 1 amide bonds. The number of hydrogen-bond acceptors (Lipinski definition) is 9. The number of fused-ring (bicyclic) bond motifs is 1. The van der Waals surface area contributed by atoms with Gasteiger partial charge in [-0.25, -0.2) is 28.4 Å². The number of carbonyl (C=O) groups excluding carboxylic acids is 1. The summed E-state index contributed by atoms with van der Waals surface area (Å²) in [6.07, 6.45) is 6.63. The number of benzene rings is 1. The third kappa shape index (κ3) is 5.99. The van der Waals surface area contributed by atoms with Gasteiger partial charge in [-0.2, -0.15) is 0 Å². The lowest BCUT2D eigenvalue weighted by molar-refractivity contribution is -0.134. The number of nitrogens with one attached hydrogen (secondary N) is 1. The first-order valence-corrected chi connectivity index (χ1v) is 16.5. The quantitative estimate of drug-likeness (QED) is 0.409. The van der Waals surface area contributed by atoms with E-state index in [2.05, 4.69) is 46.1 Å². The molecule has 1 aromatic carbocycles. The maximum absolute atomic E-state index is 14.1. The summed E-state index contributed by atoms with van der Waals surface area (Å²) in [5.74, 6) is 0.978. The number of rotatable bonds is 8. The van der Waals surface area contributed by atoms with Gasteiger partial charge in [-0.3, -0.25) is 4.79 Å². The monoisotopic (exact) mass is 593 g/mol. The molecule has 1 saturated heterocycles. The van der Waals surface area contributed by atoms with E-state index in [4.69, 9.17) is 4.98 Å². The van der Waals surface area contributed by atoms with Gasteiger partial charge in [0, 0.05) is 24.0 Å². The van der Waals surface area contributed by atoms with Gasteiger partial charge in [0.15, 0.2) is 15.7 Å². The van der Waals surface area contributed by atoms with Crippen molar-refractivity contribution in [3.63, 3.8) is 0 Å². The highest BCUT2D eigenvalue weighted by atomic mass is 32.2. The van der Waals surface area contributed by atoms with Crippen molar-refractivity contribution in [1.82, 2.24) is 29.7 Å². The summed E-state index contributed by atoms with van der Waals surface area (Å²) in [7, 11) is -1.49. The highest BCUT2D eigenvalue weighted by Crippen LogP contribution is 2.41. The number of aromatic nitrogens is 4. The van der Waals surface area contributed by atoms with Crippen molar-refractivity contribution in [1.29, 1.82) is 0 Å². The molecule has 0 radical (unpaired) electrons. The molecule has 2 aromatic heterocycles. The predicted octanol–water partition coefficient (Wildman–Crippen LogP) is 4.23. The molecule has 11 heteroatoms. The maximum Gasteiger partial charge on any atom is 0.245 e. The van der Waals surface area contributed by atoms with Crippen molar-refractivity contribution in [2.24, 2.45) is 0 Å². The third-order valence-electron chi connectivity index (χ3n) is 8.97. The SMILES string of the molecule is CC(C)N(C)C1CCC(CS(=O)(=O)c2ccccc2)(N2CC[C@H](Nc3ncnc4cnc(C(C)(C)C)nc34)C2=O)CC1. The third-order valence-corrected chi connectivity index (χ3v) is 10.9. The summed E-state index contributed by atoms with van der Waals surface area (Å²) in [6.45, 7) is 11.0. The molecule has 10 nitrogen and oxygen atoms in total. The van der Waals surface area contributed by atoms with E-state index in [1.165, 1.54) is 6.33 Å². The molecule has 0 spiro atoms. The van der Waals surface area contributed by atoms with Crippen molar-refractivity contribution in [3.8, 4) is 0 Å². The Balaban J connectivity index is 1.43. The lowest BCUT2D eigenvalue weighted by atomic mass is 9.78. The van der Waals surface area contributed by atoms with Gasteiger partial charge < -0.3 is 15.1 Å². The molecule has 2 fully saturated rings. The fourth-order valence-corrected chi connectivity index (χ4v) is 8.19. The van der Waals surface area contributed by atoms with Crippen molar-refractivity contribution in [2.45, 2.75) is 101 Å². The molecule has 42 heavy (non-hydrogen) atoms. The molecule has 0 unspecified atom stereocenters. The minimum atomic E-state index is -3.62. The lowest BCUT2D eigenvalue weighted by Gasteiger charge is -2.48. The van der Waals surface area contributed by atoms with E-state index in [0.717, 1.165) is 12.8 Å². The average Bonchev–Trinajstić information content (AvgIpc) is 3.33. The fraction of sp³-hybridized carbons (Fsp3) is 0.581. The van der Waals surface area contributed by atoms with E-state index < -0.39 is 21.4 Å². The zero-order chi connectivity index (χ0) is 30.3. The van der Waals surface area contributed by atoms with Gasteiger partial charge in [-0.1, -0.05) is 39.0 Å². The summed E-state index contributed by atoms with van der Waals surface area (Å²) >= 11 is 0. The number of sulfone groups is 1. The molecular formula is C31H43N7O3S. The molecule has 5 rings (SSSR count). The Morgan fingerprint density at radius 1 is 1.07 bits per heavy atom. The van der Waals surface area contributed by atoms with Crippen molar-refractivity contribution in [3.05, 3.63) is 48.7 Å². The van der Waals surface area contributed by atoms with Crippen molar-refractivity contribution < 1.29 is 13.2 Å². The van der Waals surface area contributed by atoms with E-state index >= 15 is 0 Å². The largest absolute Gasteiger partial charge is 0.356 e. The summed E-state index contributed by atoms with van der Waals surface area (Å²) in [4.78, 5) is 36.6. The second-order valence-electron chi connectivity index (χ2n) is 13.2. The van der Waals surface area contributed by atoms with E-state index in [-0.39, 0.29) is 17.1 Å². The van der Waals surface area contributed by atoms with Gasteiger partial charge in [-0.15, -0.1) is 0 Å². The number of carbonyl (C=O) groups is 1. The zero-order valence-electron chi connectivity index (χ0n) is 25.5. The average molecular weight is 594 g/mol. The van der Waals surface area contributed by atoms with Gasteiger partial charge in [0.1, 0.15) is 29.2 Å². The van der Waals surface area contributed by atoms with Crippen LogP contribution in [-0.4, -0.2) is 87.1 Å². The number of amides is 1. The smallest absolute Gasteiger partial charge is 0.245 e. The van der Waals surface area contributed by atoms with Crippen molar-refractivity contribution >= 4 is 32.6 Å². The van der Waals surface area contributed by atoms with E-state index in [9.17, 15) is 13.2 Å². The molecule has 3 aromatic rings. The van der Waals surface area contributed by atoms with Crippen molar-refractivity contribution in [2.75, 3.05) is 24.7 Å². The maximum atomic E-state index is 14.1. The second kappa shape index (κ2) is 11.5. The van der Waals surface area contributed by atoms with E-state index in [1.54, 1.807) is 30.5 Å². The first kappa shape index (κ1) is 30.3. The molecule has 0 bridgehead atoms. The van der Waals surface area contributed by atoms with E-state index in [1.807, 2.05) is 31.7 Å². The molecular weight excluding hydrogens is 550 g/mol. The molecule has 1 aliphatic carbocycles. The molecule has 3 heterocycles. The molecule has 1 atom stereocenters. The zero-order valence-corrected chi connectivity index (χ0v) is 26.4. The normalized spacial score (nSPS) is 23.7. The fourth-order valence-electron chi connectivity index (χ4n) is 6.30. The summed E-state index contributed by atoms with van der Waals surface area (Å²) in [6, 6.07) is 8.80. The van der Waals surface area contributed by atoms with Crippen LogP contribution in [0.1, 0.15) is 72.5 Å². The standard InChI is InChI=1S/C31H43N7O3S/c1-21(2)37(6)22-12-15-31(16-13-22,19-42(40,41)23-10-8-7-9-11-23)38-17-14-24(28(38)39)35-27-26-25(33-20-34-27)18-32-29(36-26)30(3,4)5/h7-11,18,20-22,24H,12-17,19H2,1-6H3,(H,33,34,35)/t22?,24-,31?/m0/s1. The van der Waals surface area contributed by atoms with Crippen LogP contribution in [0.15, 0.2) is 47.8 Å². The Morgan fingerprint density at radius 2 is 1.76 bits per heavy atom. The summed E-state index contributed by atoms with van der Waals surface area (Å²) in [5.41, 5.74) is 0.134. The van der Waals surface area contributed by atoms with Crippen LogP contribution in [0.2, 0.25) is 0 Å². The topological polar surface area (TPSA) is 121 Å². The van der Waals surface area contributed by atoms with Crippen LogP contribution >= 0.6 is 0 Å². The molecule has 1 aliphatic heterocycles. The predicted molar refractivity (Wildman–Crippen MR) is 164 cm³/mol. The lowest BCUT2D eigenvalue weighted by Crippen LogP contribution is -2.58. The highest BCUT2D eigenvalue weighted by Gasteiger charge is 2.50. The summed E-state index contributed by atoms with van der Waals surface area (Å²) < 4.78 is 27.5. The number of hydrogen-bond donors (Lipinski definition) is 1. The molecule has 2 aliphatic rings. The number of nitrogens with zero attached hydrogens (tertiary/aromatic N) is 6. The minimum Gasteiger partial charge on any atom is -0.356 e. The first-order chi connectivity index (χ1) is 19.8. The van der Waals surface area contributed by atoms with Crippen LogP contribution in [0.3, 0.4) is 0 Å². The van der Waals surface area contributed by atoms with Gasteiger partial charge in [0.2, 0.25) is 5.91 Å². The molecule has 226 valence electrons. The van der Waals surface area contributed by atoms with Crippen LogP contribution in [0.4, 0.5) is 5.82 Å². The highest BCUT2D eigenvalue weighted by molar-refractivity contribution is 7.91. The number of likely N-dealkylation sites (tertiary alicyclic amines) is 1. The molecule has 1 saturated carbocycles. The second-order valence-corrected chi connectivity index (χ2v) is 15.2.